The lowest BCUT2D eigenvalue weighted by Gasteiger charge is -2.14. The van der Waals surface area contributed by atoms with Crippen LogP contribution in [0.5, 0.6) is 0 Å². The Hall–Kier alpha value is -4.10. The van der Waals surface area contributed by atoms with Crippen LogP contribution in [-0.4, -0.2) is 35.3 Å². The van der Waals surface area contributed by atoms with E-state index < -0.39 is 58.0 Å². The number of aromatic carboxylic acids is 1. The molecule has 192 valence electrons. The van der Waals surface area contributed by atoms with E-state index >= 15 is 0 Å². The smallest absolute Gasteiger partial charge is 0.338 e. The summed E-state index contributed by atoms with van der Waals surface area (Å²) in [6, 6.07) is 7.16. The first-order chi connectivity index (χ1) is 17.0. The highest BCUT2D eigenvalue weighted by Gasteiger charge is 2.20. The van der Waals surface area contributed by atoms with Crippen LogP contribution in [0.4, 0.5) is 37.7 Å². The van der Waals surface area contributed by atoms with Crippen LogP contribution in [-0.2, 0) is 4.84 Å². The van der Waals surface area contributed by atoms with E-state index in [2.05, 4.69) is 10.2 Å². The number of hydrogen-bond acceptors (Lipinski definition) is 5. The van der Waals surface area contributed by atoms with Gasteiger partial charge in [-0.1, -0.05) is 6.07 Å². The van der Waals surface area contributed by atoms with Gasteiger partial charge in [0.1, 0.15) is 5.82 Å². The molecule has 0 aliphatic heterocycles. The van der Waals surface area contributed by atoms with Crippen molar-refractivity contribution < 1.29 is 51.0 Å². The largest absolute Gasteiger partial charge is 0.478 e. The molecule has 0 unspecified atom stereocenters. The molecule has 3 rings (SSSR count). The van der Waals surface area contributed by atoms with Crippen molar-refractivity contribution in [1.82, 2.24) is 5.48 Å². The number of aryl methyl sites for hydroxylation is 1. The maximum atomic E-state index is 14.1. The van der Waals surface area contributed by atoms with E-state index in [4.69, 9.17) is 10.2 Å². The highest BCUT2D eigenvalue weighted by atomic mass is 19.2. The third-order valence-electron chi connectivity index (χ3n) is 4.35. The first kappa shape index (κ1) is 28.1. The molecule has 3 aromatic rings. The molecule has 4 N–H and O–H groups in total. The quantitative estimate of drug-likeness (QED) is 0.158. The number of aliphatic hydroxyl groups is 1. The second-order valence-corrected chi connectivity index (χ2v) is 6.92. The highest BCUT2D eigenvalue weighted by Crippen LogP contribution is 2.28. The van der Waals surface area contributed by atoms with Crippen LogP contribution >= 0.6 is 0 Å². The van der Waals surface area contributed by atoms with Crippen LogP contribution in [0.3, 0.4) is 0 Å². The number of benzene rings is 3. The summed E-state index contributed by atoms with van der Waals surface area (Å²) in [5.74, 6) is -10.6. The molecule has 36 heavy (non-hydrogen) atoms. The number of amides is 1. The number of carbonyl (C=O) groups excluding carboxylic acids is 1. The molecule has 0 saturated carbocycles. The number of carboxylic acid groups (broad SMARTS) is 1. The average Bonchev–Trinajstić information content (AvgIpc) is 2.82. The summed E-state index contributed by atoms with van der Waals surface area (Å²) in [7, 11) is 0. The molecule has 0 aliphatic rings. The number of carbonyl (C=O) groups is 2. The Labute approximate surface area is 199 Å². The second kappa shape index (κ2) is 12.6. The van der Waals surface area contributed by atoms with E-state index in [1.54, 1.807) is 13.0 Å². The van der Waals surface area contributed by atoms with Gasteiger partial charge in [-0.3, -0.25) is 9.63 Å². The van der Waals surface area contributed by atoms with Crippen LogP contribution in [0, 0.1) is 41.8 Å². The molecule has 0 aliphatic carbocycles. The highest BCUT2D eigenvalue weighted by molar-refractivity contribution is 6.00. The Kier molecular flexibility index (Phi) is 9.82. The SMILES string of the molecule is Cc1ccc(Nc2c(C(=O)NOCCO)ccc(F)c2F)c(F)c1.O=C(O)c1ccc(F)c(F)c1F. The van der Waals surface area contributed by atoms with Gasteiger partial charge in [-0.25, -0.2) is 36.6 Å². The van der Waals surface area contributed by atoms with Gasteiger partial charge in [0, 0.05) is 0 Å². The monoisotopic (exact) mass is 516 g/mol. The van der Waals surface area contributed by atoms with Gasteiger partial charge in [0.25, 0.3) is 5.91 Å². The summed E-state index contributed by atoms with van der Waals surface area (Å²) in [6.07, 6.45) is 0. The number of carboxylic acids is 1. The summed E-state index contributed by atoms with van der Waals surface area (Å²) in [5.41, 5.74) is 0.815. The minimum atomic E-state index is -1.77. The number of aliphatic hydroxyl groups excluding tert-OH is 1. The van der Waals surface area contributed by atoms with Crippen molar-refractivity contribution in [3.05, 3.63) is 94.1 Å². The third-order valence-corrected chi connectivity index (χ3v) is 4.35. The zero-order chi connectivity index (χ0) is 27.0. The Morgan fingerprint density at radius 2 is 1.44 bits per heavy atom. The molecule has 7 nitrogen and oxygen atoms in total. The van der Waals surface area contributed by atoms with Crippen molar-refractivity contribution in [2.45, 2.75) is 6.92 Å². The number of nitrogens with one attached hydrogen (secondary N) is 2. The van der Waals surface area contributed by atoms with E-state index in [1.807, 2.05) is 5.48 Å². The van der Waals surface area contributed by atoms with Crippen molar-refractivity contribution in [1.29, 1.82) is 0 Å². The summed E-state index contributed by atoms with van der Waals surface area (Å²) in [4.78, 5) is 26.8. The maximum Gasteiger partial charge on any atom is 0.338 e. The summed E-state index contributed by atoms with van der Waals surface area (Å²) in [5, 5.41) is 19.2. The second-order valence-electron chi connectivity index (χ2n) is 6.92. The molecule has 13 heteroatoms. The lowest BCUT2D eigenvalue weighted by Crippen LogP contribution is -2.26. The van der Waals surface area contributed by atoms with Gasteiger partial charge in [-0.2, -0.15) is 0 Å². The van der Waals surface area contributed by atoms with E-state index in [0.29, 0.717) is 17.7 Å². The van der Waals surface area contributed by atoms with Crippen molar-refractivity contribution >= 4 is 23.3 Å². The number of anilines is 2. The van der Waals surface area contributed by atoms with Crippen LogP contribution in [0.25, 0.3) is 0 Å². The minimum Gasteiger partial charge on any atom is -0.478 e. The predicted molar refractivity (Wildman–Crippen MR) is 115 cm³/mol. The van der Waals surface area contributed by atoms with Gasteiger partial charge < -0.3 is 15.5 Å². The molecule has 0 aromatic heterocycles. The van der Waals surface area contributed by atoms with Crippen molar-refractivity contribution in [2.75, 3.05) is 18.5 Å². The van der Waals surface area contributed by atoms with Crippen LogP contribution in [0.1, 0.15) is 26.3 Å². The Morgan fingerprint density at radius 1 is 0.833 bits per heavy atom. The summed E-state index contributed by atoms with van der Waals surface area (Å²) in [6.45, 7) is 1.16. The fraction of sp³-hybridized carbons (Fsp3) is 0.130. The van der Waals surface area contributed by atoms with Crippen LogP contribution in [0.15, 0.2) is 42.5 Å². The number of hydroxylamine groups is 1. The molecule has 0 fully saturated rings. The van der Waals surface area contributed by atoms with E-state index in [0.717, 1.165) is 12.1 Å². The molecule has 3 aromatic carbocycles. The number of hydrogen-bond donors (Lipinski definition) is 4. The van der Waals surface area contributed by atoms with Crippen molar-refractivity contribution in [2.24, 2.45) is 0 Å². The van der Waals surface area contributed by atoms with Crippen LogP contribution < -0.4 is 10.8 Å². The molecule has 0 atom stereocenters. The van der Waals surface area contributed by atoms with Crippen molar-refractivity contribution in [3.63, 3.8) is 0 Å². The Balaban J connectivity index is 0.000000319. The molecule has 0 saturated heterocycles. The van der Waals surface area contributed by atoms with E-state index in [9.17, 15) is 35.9 Å². The zero-order valence-electron chi connectivity index (χ0n) is 18.3. The average molecular weight is 516 g/mol. The van der Waals surface area contributed by atoms with Gasteiger partial charge in [-0.15, -0.1) is 0 Å². The predicted octanol–water partition coefficient (Wildman–Crippen LogP) is 4.61. The molecule has 0 heterocycles. The number of halogens is 6. The first-order valence-electron chi connectivity index (χ1n) is 9.88. The molecular weight excluding hydrogens is 498 g/mol. The fourth-order valence-corrected chi connectivity index (χ4v) is 2.63. The summed E-state index contributed by atoms with van der Waals surface area (Å²) >= 11 is 0. The molecule has 1 amide bonds. The summed E-state index contributed by atoms with van der Waals surface area (Å²) < 4.78 is 78.6. The Morgan fingerprint density at radius 3 is 2.03 bits per heavy atom. The van der Waals surface area contributed by atoms with E-state index in [-0.39, 0.29) is 24.5 Å². The molecule has 0 bridgehead atoms. The molecule has 0 spiro atoms. The zero-order valence-corrected chi connectivity index (χ0v) is 18.3. The minimum absolute atomic E-state index is 0.115. The standard InChI is InChI=1S/C16H15F3N2O3.C7H3F3O2/c1-9-2-5-13(12(18)8-9)20-15-10(3-4-11(17)14(15)19)16(23)21-24-7-6-22;8-4-2-1-3(7(11)12)5(9)6(4)10/h2-5,8,20,22H,6-7H2,1H3,(H,21,23);1-2H,(H,11,12). The topological polar surface area (TPSA) is 108 Å². The van der Waals surface area contributed by atoms with E-state index in [1.165, 1.54) is 12.1 Å². The van der Waals surface area contributed by atoms with Crippen LogP contribution in [0.2, 0.25) is 0 Å². The molecular formula is C23H18F6N2O5. The molecule has 0 radical (unpaired) electrons. The fourth-order valence-electron chi connectivity index (χ4n) is 2.63. The van der Waals surface area contributed by atoms with Crippen molar-refractivity contribution in [3.8, 4) is 0 Å². The van der Waals surface area contributed by atoms with Gasteiger partial charge in [0.15, 0.2) is 29.1 Å². The maximum absolute atomic E-state index is 14.1. The van der Waals surface area contributed by atoms with Gasteiger partial charge in [0.2, 0.25) is 0 Å². The lowest BCUT2D eigenvalue weighted by molar-refractivity contribution is 0.0168. The van der Waals surface area contributed by atoms with Gasteiger partial charge >= 0.3 is 5.97 Å². The Bertz CT molecular complexity index is 1270. The normalized spacial score (nSPS) is 10.3. The van der Waals surface area contributed by atoms with Gasteiger partial charge in [0.05, 0.1) is 35.7 Å². The third kappa shape index (κ3) is 6.96. The number of rotatable bonds is 7. The van der Waals surface area contributed by atoms with Gasteiger partial charge in [-0.05, 0) is 48.9 Å². The lowest BCUT2D eigenvalue weighted by atomic mass is 10.1. The first-order valence-corrected chi connectivity index (χ1v) is 9.88.